The molecule has 6 heterocycles. The number of sulfonamides is 1. The van der Waals surface area contributed by atoms with Crippen molar-refractivity contribution < 1.29 is 37.3 Å². The van der Waals surface area contributed by atoms with Gasteiger partial charge >= 0.3 is 5.97 Å². The van der Waals surface area contributed by atoms with Gasteiger partial charge in [-0.05, 0) is 74.6 Å². The van der Waals surface area contributed by atoms with E-state index in [9.17, 15) is 18.3 Å². The van der Waals surface area contributed by atoms with Crippen LogP contribution < -0.4 is 9.47 Å². The molecule has 4 aromatic rings. The summed E-state index contributed by atoms with van der Waals surface area (Å²) in [5, 5.41) is 19.1. The van der Waals surface area contributed by atoms with Crippen LogP contribution in [0.3, 0.4) is 0 Å². The molecule has 0 amide bonds. The van der Waals surface area contributed by atoms with Crippen molar-refractivity contribution >= 4 is 21.6 Å². The molecule has 1 spiro atoms. The van der Waals surface area contributed by atoms with Gasteiger partial charge in [0.15, 0.2) is 5.65 Å². The summed E-state index contributed by atoms with van der Waals surface area (Å²) in [4.78, 5) is 19.7. The van der Waals surface area contributed by atoms with Crippen molar-refractivity contribution in [3.05, 3.63) is 76.2 Å². The number of benzene rings is 1. The van der Waals surface area contributed by atoms with Crippen molar-refractivity contribution in [2.75, 3.05) is 59.2 Å². The first-order valence-corrected chi connectivity index (χ1v) is 19.6. The lowest BCUT2D eigenvalue weighted by molar-refractivity contribution is -0.147. The molecule has 2 fully saturated rings. The second kappa shape index (κ2) is 14.6. The molecular formula is C38H48N6O8S. The smallest absolute Gasteiger partial charge is 0.310 e. The van der Waals surface area contributed by atoms with E-state index in [1.54, 1.807) is 19.9 Å². The largest absolute Gasteiger partial charge is 0.481 e. The summed E-state index contributed by atoms with van der Waals surface area (Å²) in [5.41, 5.74) is 2.61. The van der Waals surface area contributed by atoms with Crippen molar-refractivity contribution in [1.29, 1.82) is 0 Å². The molecule has 0 unspecified atom stereocenters. The molecule has 1 atom stereocenters. The molecule has 0 bridgehead atoms. The van der Waals surface area contributed by atoms with Gasteiger partial charge in [-0.15, -0.1) is 10.2 Å². The highest BCUT2D eigenvalue weighted by atomic mass is 32.2. The Balaban J connectivity index is 1.24. The fourth-order valence-electron chi connectivity index (χ4n) is 7.66. The first kappa shape index (κ1) is 37.2. The number of hydrogen-bond acceptors (Lipinski definition) is 11. The van der Waals surface area contributed by atoms with Gasteiger partial charge in [-0.25, -0.2) is 8.42 Å². The van der Waals surface area contributed by atoms with Crippen LogP contribution in [0.5, 0.6) is 11.8 Å². The molecule has 7 rings (SSSR count). The Morgan fingerprint density at radius 2 is 1.75 bits per heavy atom. The van der Waals surface area contributed by atoms with Crippen molar-refractivity contribution in [3.63, 3.8) is 0 Å². The van der Waals surface area contributed by atoms with Crippen molar-refractivity contribution in [2.45, 2.75) is 70.4 Å². The maximum absolute atomic E-state index is 14.6. The van der Waals surface area contributed by atoms with E-state index in [4.69, 9.17) is 18.9 Å². The van der Waals surface area contributed by atoms with Gasteiger partial charge in [-0.1, -0.05) is 18.2 Å². The van der Waals surface area contributed by atoms with E-state index in [-0.39, 0.29) is 23.9 Å². The number of ether oxygens (including phenoxy) is 4. The molecule has 1 N–H and O–H groups in total. The Labute approximate surface area is 310 Å². The summed E-state index contributed by atoms with van der Waals surface area (Å²) in [6.45, 7) is 14.3. The lowest BCUT2D eigenvalue weighted by atomic mass is 9.70. The third-order valence-electron chi connectivity index (χ3n) is 11.0. The minimum Gasteiger partial charge on any atom is -0.481 e. The van der Waals surface area contributed by atoms with Crippen LogP contribution in [0.25, 0.3) is 5.65 Å². The normalized spacial score (nSPS) is 19.7. The SMILES string of the molecule is Cc1ccc([C@@H](c2ccn3c(C)nnc3c2C)C(C)(C)C(=O)O)cc1CN1CC2(CCOCC2)Oc2nc(OCCN3CCOCC3)ccc2S1(=O)=O. The minimum atomic E-state index is -4.10. The van der Waals surface area contributed by atoms with E-state index in [1.165, 1.54) is 10.4 Å². The molecule has 3 aliphatic heterocycles. The first-order valence-electron chi connectivity index (χ1n) is 18.1. The molecule has 53 heavy (non-hydrogen) atoms. The van der Waals surface area contributed by atoms with E-state index in [2.05, 4.69) is 20.1 Å². The summed E-state index contributed by atoms with van der Waals surface area (Å²) in [6.07, 6.45) is 2.84. The topological polar surface area (TPSA) is 158 Å². The van der Waals surface area contributed by atoms with Gasteiger partial charge in [-0.3, -0.25) is 14.1 Å². The van der Waals surface area contributed by atoms with Gasteiger partial charge in [-0.2, -0.15) is 9.29 Å². The Morgan fingerprint density at radius 1 is 1.02 bits per heavy atom. The van der Waals surface area contributed by atoms with Crippen LogP contribution in [0.4, 0.5) is 0 Å². The van der Waals surface area contributed by atoms with Crippen LogP contribution >= 0.6 is 0 Å². The molecule has 284 valence electrons. The van der Waals surface area contributed by atoms with E-state index in [1.807, 2.05) is 55.6 Å². The number of aliphatic carboxylic acids is 1. The number of morpholine rings is 1. The third-order valence-corrected chi connectivity index (χ3v) is 12.8. The van der Waals surface area contributed by atoms with Crippen LogP contribution in [0.2, 0.25) is 0 Å². The zero-order valence-electron chi connectivity index (χ0n) is 31.0. The fourth-order valence-corrected chi connectivity index (χ4v) is 9.20. The average Bonchev–Trinajstić information content (AvgIpc) is 3.48. The number of carboxylic acid groups (broad SMARTS) is 1. The predicted octanol–water partition coefficient (Wildman–Crippen LogP) is 4.14. The number of fused-ring (bicyclic) bond motifs is 2. The van der Waals surface area contributed by atoms with Crippen LogP contribution in [0, 0.1) is 26.2 Å². The maximum atomic E-state index is 14.6. The lowest BCUT2D eigenvalue weighted by Crippen LogP contribution is -2.50. The minimum absolute atomic E-state index is 0.0207. The lowest BCUT2D eigenvalue weighted by Gasteiger charge is -2.38. The van der Waals surface area contributed by atoms with Crippen LogP contribution in [-0.2, 0) is 30.8 Å². The number of carboxylic acids is 1. The summed E-state index contributed by atoms with van der Waals surface area (Å²) < 4.78 is 56.2. The van der Waals surface area contributed by atoms with E-state index in [0.29, 0.717) is 63.9 Å². The Bertz CT molecular complexity index is 2110. The number of aromatic nitrogens is 4. The summed E-state index contributed by atoms with van der Waals surface area (Å²) in [7, 11) is -4.10. The number of carbonyl (C=O) groups is 1. The standard InChI is InChI=1S/C38H48N6O8S/c1-25-6-7-28(33(37(4,5)36(45)46)30-10-13-44-27(3)40-41-34(44)26(30)2)22-29(25)23-43-24-38(11-17-49-18-12-38)52-35-31(53(43,47)48)8-9-32(39-35)51-21-16-42-14-19-50-20-15-42/h6-10,13,22,33H,11-12,14-21,23-24H2,1-5H3,(H,45,46)/t33-/m0/s1. The summed E-state index contributed by atoms with van der Waals surface area (Å²) >= 11 is 0. The van der Waals surface area contributed by atoms with Crippen LogP contribution in [-0.4, -0.2) is 113 Å². The Morgan fingerprint density at radius 3 is 2.49 bits per heavy atom. The van der Waals surface area contributed by atoms with E-state index >= 15 is 0 Å². The van der Waals surface area contributed by atoms with Crippen LogP contribution in [0.15, 0.2) is 47.5 Å². The molecule has 0 saturated carbocycles. The number of nitrogens with zero attached hydrogens (tertiary/aromatic N) is 6. The average molecular weight is 749 g/mol. The molecule has 3 aliphatic rings. The first-order chi connectivity index (χ1) is 25.3. The molecular weight excluding hydrogens is 701 g/mol. The molecule has 0 aliphatic carbocycles. The Kier molecular flexibility index (Phi) is 10.2. The van der Waals surface area contributed by atoms with Gasteiger partial charge in [0.05, 0.1) is 38.4 Å². The highest BCUT2D eigenvalue weighted by Gasteiger charge is 2.46. The summed E-state index contributed by atoms with van der Waals surface area (Å²) in [6, 6.07) is 10.9. The maximum Gasteiger partial charge on any atom is 0.310 e. The second-order valence-electron chi connectivity index (χ2n) is 14.9. The van der Waals surface area contributed by atoms with E-state index in [0.717, 1.165) is 46.7 Å². The van der Waals surface area contributed by atoms with Crippen molar-refractivity contribution in [3.8, 4) is 11.8 Å². The highest BCUT2D eigenvalue weighted by molar-refractivity contribution is 7.89. The predicted molar refractivity (Wildman–Crippen MR) is 195 cm³/mol. The monoisotopic (exact) mass is 748 g/mol. The molecule has 0 radical (unpaired) electrons. The second-order valence-corrected chi connectivity index (χ2v) is 16.8. The van der Waals surface area contributed by atoms with Gasteiger partial charge in [0, 0.05) is 57.2 Å². The van der Waals surface area contributed by atoms with Gasteiger partial charge in [0.25, 0.3) is 0 Å². The quantitative estimate of drug-likeness (QED) is 0.248. The molecule has 14 nitrogen and oxygen atoms in total. The third kappa shape index (κ3) is 7.24. The van der Waals surface area contributed by atoms with Gasteiger partial charge in [0.1, 0.15) is 22.9 Å². The molecule has 15 heteroatoms. The molecule has 2 saturated heterocycles. The number of hydrogen-bond donors (Lipinski definition) is 1. The summed E-state index contributed by atoms with van der Waals surface area (Å²) in [5.74, 6) is -0.479. The van der Waals surface area contributed by atoms with Crippen molar-refractivity contribution in [2.24, 2.45) is 5.41 Å². The highest BCUT2D eigenvalue weighted by Crippen LogP contribution is 2.44. The number of rotatable bonds is 10. The van der Waals surface area contributed by atoms with Crippen LogP contribution in [0.1, 0.15) is 66.2 Å². The van der Waals surface area contributed by atoms with E-state index < -0.39 is 32.9 Å². The van der Waals surface area contributed by atoms with Gasteiger partial charge < -0.3 is 24.1 Å². The fraction of sp³-hybridized carbons (Fsp3) is 0.526. The number of aryl methyl sites for hydroxylation is 3. The van der Waals surface area contributed by atoms with Gasteiger partial charge in [0.2, 0.25) is 21.8 Å². The zero-order chi connectivity index (χ0) is 37.5. The molecule has 1 aromatic carbocycles. The molecule has 3 aromatic heterocycles. The Hall–Kier alpha value is -4.15. The van der Waals surface area contributed by atoms with Crippen molar-refractivity contribution in [1.82, 2.24) is 28.8 Å². The number of pyridine rings is 2. The zero-order valence-corrected chi connectivity index (χ0v) is 31.8.